The topological polar surface area (TPSA) is 42.7 Å². The van der Waals surface area contributed by atoms with Gasteiger partial charge in [0.25, 0.3) is 5.91 Å². The van der Waals surface area contributed by atoms with Crippen molar-refractivity contribution in [2.45, 2.75) is 39.5 Å². The molecular weight excluding hydrogens is 297 g/mol. The molecule has 0 spiro atoms. The van der Waals surface area contributed by atoms with Gasteiger partial charge in [0.1, 0.15) is 18.2 Å². The van der Waals surface area contributed by atoms with Crippen LogP contribution in [0.1, 0.15) is 42.1 Å². The van der Waals surface area contributed by atoms with E-state index < -0.39 is 0 Å². The Morgan fingerprint density at radius 3 is 2.70 bits per heavy atom. The number of benzene rings is 1. The highest BCUT2D eigenvalue weighted by Crippen LogP contribution is 2.19. The monoisotopic (exact) mass is 319 g/mol. The number of ether oxygens (including phenoxy) is 1. The van der Waals surface area contributed by atoms with E-state index in [1.807, 2.05) is 13.8 Å². The van der Waals surface area contributed by atoms with Crippen molar-refractivity contribution in [2.75, 3.05) is 7.11 Å². The summed E-state index contributed by atoms with van der Waals surface area (Å²) >= 11 is 0. The zero-order valence-corrected chi connectivity index (χ0v) is 13.7. The number of rotatable bonds is 7. The summed E-state index contributed by atoms with van der Waals surface area (Å²) in [5.41, 5.74) is 0.491. The number of hydrogen-bond donors (Lipinski definition) is 0. The van der Waals surface area contributed by atoms with E-state index in [1.165, 1.54) is 6.07 Å². The van der Waals surface area contributed by atoms with Crippen molar-refractivity contribution < 1.29 is 18.3 Å². The summed E-state index contributed by atoms with van der Waals surface area (Å²) in [7, 11) is 1.56. The van der Waals surface area contributed by atoms with Gasteiger partial charge < -0.3 is 14.1 Å². The fraction of sp³-hybridized carbons (Fsp3) is 0.389. The smallest absolute Gasteiger partial charge is 0.290 e. The van der Waals surface area contributed by atoms with E-state index in [0.717, 1.165) is 6.42 Å². The molecule has 0 aliphatic heterocycles. The van der Waals surface area contributed by atoms with Crippen LogP contribution in [0.3, 0.4) is 0 Å². The third kappa shape index (κ3) is 4.20. The third-order valence-corrected chi connectivity index (χ3v) is 3.84. The first-order chi connectivity index (χ1) is 11.1. The van der Waals surface area contributed by atoms with E-state index in [4.69, 9.17) is 9.15 Å². The zero-order chi connectivity index (χ0) is 16.8. The average Bonchev–Trinajstić information content (AvgIpc) is 3.02. The maximum Gasteiger partial charge on any atom is 0.290 e. The Morgan fingerprint density at radius 1 is 1.30 bits per heavy atom. The maximum absolute atomic E-state index is 13.9. The second kappa shape index (κ2) is 7.92. The second-order valence-corrected chi connectivity index (χ2v) is 5.48. The summed E-state index contributed by atoms with van der Waals surface area (Å²) < 4.78 is 24.4. The molecule has 0 saturated heterocycles. The molecule has 0 bridgehead atoms. The minimum Gasteiger partial charge on any atom is -0.453 e. The first kappa shape index (κ1) is 17.2. The molecular formula is C18H22FNO3. The Balaban J connectivity index is 2.23. The highest BCUT2D eigenvalue weighted by molar-refractivity contribution is 5.91. The molecule has 1 atom stereocenters. The van der Waals surface area contributed by atoms with Crippen LogP contribution in [0.25, 0.3) is 0 Å². The van der Waals surface area contributed by atoms with Crippen LogP contribution in [0, 0.1) is 5.82 Å². The normalized spacial score (nSPS) is 12.2. The average molecular weight is 319 g/mol. The van der Waals surface area contributed by atoms with E-state index in [1.54, 1.807) is 42.3 Å². The Morgan fingerprint density at radius 2 is 2.04 bits per heavy atom. The van der Waals surface area contributed by atoms with E-state index >= 15 is 0 Å². The number of amides is 1. The lowest BCUT2D eigenvalue weighted by atomic mass is 10.1. The van der Waals surface area contributed by atoms with E-state index in [0.29, 0.717) is 17.9 Å². The Bertz CT molecular complexity index is 653. The first-order valence-electron chi connectivity index (χ1n) is 7.68. The van der Waals surface area contributed by atoms with Gasteiger partial charge in [0.05, 0.1) is 0 Å². The molecule has 0 N–H and O–H groups in total. The van der Waals surface area contributed by atoms with Crippen LogP contribution in [-0.4, -0.2) is 24.0 Å². The number of hydrogen-bond acceptors (Lipinski definition) is 3. The molecule has 0 radical (unpaired) electrons. The fourth-order valence-corrected chi connectivity index (χ4v) is 2.31. The van der Waals surface area contributed by atoms with Gasteiger partial charge in [0.15, 0.2) is 5.76 Å². The zero-order valence-electron chi connectivity index (χ0n) is 13.7. The maximum atomic E-state index is 13.9. The van der Waals surface area contributed by atoms with E-state index in [9.17, 15) is 9.18 Å². The standard InChI is InChI=1S/C18H22FNO3/c1-4-13(2)20(11-14-7-5-6-8-16(14)19)18(21)17-10-9-15(23-17)12-22-3/h5-10,13H,4,11-12H2,1-3H3/t13-/m1/s1. The molecule has 0 aliphatic rings. The fourth-order valence-electron chi connectivity index (χ4n) is 2.31. The summed E-state index contributed by atoms with van der Waals surface area (Å²) in [5, 5.41) is 0. The van der Waals surface area contributed by atoms with Crippen molar-refractivity contribution in [3.8, 4) is 0 Å². The van der Waals surface area contributed by atoms with Crippen LogP contribution >= 0.6 is 0 Å². The number of carbonyl (C=O) groups is 1. The molecule has 4 nitrogen and oxygen atoms in total. The lowest BCUT2D eigenvalue weighted by molar-refractivity contribution is 0.0629. The Kier molecular flexibility index (Phi) is 5.93. The van der Waals surface area contributed by atoms with E-state index in [2.05, 4.69) is 0 Å². The highest BCUT2D eigenvalue weighted by atomic mass is 19.1. The number of carbonyl (C=O) groups excluding carboxylic acids is 1. The molecule has 23 heavy (non-hydrogen) atoms. The van der Waals surface area contributed by atoms with Gasteiger partial charge in [-0.15, -0.1) is 0 Å². The van der Waals surface area contributed by atoms with Gasteiger partial charge in [0.2, 0.25) is 0 Å². The number of nitrogens with zero attached hydrogens (tertiary/aromatic N) is 1. The summed E-state index contributed by atoms with van der Waals surface area (Å²) in [6.07, 6.45) is 0.770. The van der Waals surface area contributed by atoms with Gasteiger partial charge in [-0.05, 0) is 31.5 Å². The molecule has 2 rings (SSSR count). The van der Waals surface area contributed by atoms with Crippen molar-refractivity contribution >= 4 is 5.91 Å². The Labute approximate surface area is 135 Å². The molecule has 1 amide bonds. The van der Waals surface area contributed by atoms with Crippen LogP contribution in [0.15, 0.2) is 40.8 Å². The van der Waals surface area contributed by atoms with Crippen molar-refractivity contribution in [1.29, 1.82) is 0 Å². The SMILES string of the molecule is CC[C@@H](C)N(Cc1ccccc1F)C(=O)c1ccc(COC)o1. The summed E-state index contributed by atoms with van der Waals surface area (Å²) in [6.45, 7) is 4.45. The van der Waals surface area contributed by atoms with Gasteiger partial charge in [-0.3, -0.25) is 4.79 Å². The number of furan rings is 1. The molecule has 2 aromatic rings. The van der Waals surface area contributed by atoms with Gasteiger partial charge >= 0.3 is 0 Å². The molecule has 1 aromatic carbocycles. The van der Waals surface area contributed by atoms with Gasteiger partial charge in [0, 0.05) is 25.3 Å². The van der Waals surface area contributed by atoms with Crippen molar-refractivity contribution in [3.63, 3.8) is 0 Å². The molecule has 1 aromatic heterocycles. The first-order valence-corrected chi connectivity index (χ1v) is 7.68. The van der Waals surface area contributed by atoms with Crippen molar-refractivity contribution in [2.24, 2.45) is 0 Å². The van der Waals surface area contributed by atoms with Crippen LogP contribution in [-0.2, 0) is 17.9 Å². The molecule has 5 heteroatoms. The summed E-state index contributed by atoms with van der Waals surface area (Å²) in [4.78, 5) is 14.4. The molecule has 124 valence electrons. The Hall–Kier alpha value is -2.14. The van der Waals surface area contributed by atoms with E-state index in [-0.39, 0.29) is 30.1 Å². The predicted molar refractivity (Wildman–Crippen MR) is 85.4 cm³/mol. The summed E-state index contributed by atoms with van der Waals surface area (Å²) in [6, 6.07) is 9.81. The number of halogens is 1. The van der Waals surface area contributed by atoms with Crippen LogP contribution in [0.5, 0.6) is 0 Å². The quantitative estimate of drug-likeness (QED) is 0.774. The van der Waals surface area contributed by atoms with Crippen LogP contribution < -0.4 is 0 Å². The third-order valence-electron chi connectivity index (χ3n) is 3.84. The lowest BCUT2D eigenvalue weighted by Gasteiger charge is -2.28. The highest BCUT2D eigenvalue weighted by Gasteiger charge is 2.24. The van der Waals surface area contributed by atoms with Crippen molar-refractivity contribution in [1.82, 2.24) is 4.90 Å². The molecule has 0 unspecified atom stereocenters. The predicted octanol–water partition coefficient (Wildman–Crippen LogP) is 4.01. The van der Waals surface area contributed by atoms with Crippen LogP contribution in [0.2, 0.25) is 0 Å². The number of methoxy groups -OCH3 is 1. The minimum absolute atomic E-state index is 0.0296. The molecule has 0 aliphatic carbocycles. The van der Waals surface area contributed by atoms with Crippen molar-refractivity contribution in [3.05, 3.63) is 59.3 Å². The van der Waals surface area contributed by atoms with Gasteiger partial charge in [-0.2, -0.15) is 0 Å². The minimum atomic E-state index is -0.312. The van der Waals surface area contributed by atoms with Gasteiger partial charge in [-0.25, -0.2) is 4.39 Å². The van der Waals surface area contributed by atoms with Crippen LogP contribution in [0.4, 0.5) is 4.39 Å². The van der Waals surface area contributed by atoms with Gasteiger partial charge in [-0.1, -0.05) is 25.1 Å². The molecule has 0 saturated carbocycles. The summed E-state index contributed by atoms with van der Waals surface area (Å²) in [5.74, 6) is 0.276. The largest absolute Gasteiger partial charge is 0.453 e. The lowest BCUT2D eigenvalue weighted by Crippen LogP contribution is -2.37. The molecule has 1 heterocycles. The molecule has 0 fully saturated rings. The second-order valence-electron chi connectivity index (χ2n) is 5.48.